The normalized spacial score (nSPS) is 14.3. The molecule has 0 spiro atoms. The molecule has 2 aromatic carbocycles. The van der Waals surface area contributed by atoms with E-state index in [-0.39, 0.29) is 6.54 Å². The maximum Gasteiger partial charge on any atom is 0.331 e. The van der Waals surface area contributed by atoms with Gasteiger partial charge >= 0.3 is 6.03 Å². The maximum absolute atomic E-state index is 13.2. The highest BCUT2D eigenvalue weighted by molar-refractivity contribution is 5.98. The molecule has 0 fully saturated rings. The Bertz CT molecular complexity index is 933. The molecule has 1 N–H and O–H groups in total. The number of aryl methyl sites for hydroxylation is 1. The molecule has 1 aliphatic rings. The Morgan fingerprint density at radius 1 is 1.12 bits per heavy atom. The first-order valence-corrected chi connectivity index (χ1v) is 11.0. The summed E-state index contributed by atoms with van der Waals surface area (Å²) in [5.41, 5.74) is 4.16. The van der Waals surface area contributed by atoms with Crippen LogP contribution in [0.15, 0.2) is 48.5 Å². The van der Waals surface area contributed by atoms with Crippen LogP contribution in [0.1, 0.15) is 29.5 Å². The zero-order valence-corrected chi connectivity index (χ0v) is 18.5. The second-order valence-electron chi connectivity index (χ2n) is 8.20. The van der Waals surface area contributed by atoms with Crippen molar-refractivity contribution in [2.24, 2.45) is 0 Å². The highest BCUT2D eigenvalue weighted by atomic mass is 16.3. The van der Waals surface area contributed by atoms with Crippen molar-refractivity contribution >= 4 is 24.4 Å². The highest BCUT2D eigenvalue weighted by Gasteiger charge is 2.26. The number of carbonyl (C=O) groups is 3. The van der Waals surface area contributed by atoms with Crippen molar-refractivity contribution in [3.05, 3.63) is 65.2 Å². The van der Waals surface area contributed by atoms with E-state index in [1.54, 1.807) is 0 Å². The zero-order valence-electron chi connectivity index (χ0n) is 18.5. The molecule has 7 nitrogen and oxygen atoms in total. The van der Waals surface area contributed by atoms with Gasteiger partial charge in [-0.25, -0.2) is 4.79 Å². The number of unbranched alkanes of at least 4 members (excludes halogenated alkanes) is 1. The number of para-hydroxylation sites is 1. The van der Waals surface area contributed by atoms with Crippen LogP contribution >= 0.6 is 0 Å². The lowest BCUT2D eigenvalue weighted by atomic mass is 10.00. The third-order valence-corrected chi connectivity index (χ3v) is 5.80. The first-order valence-electron chi connectivity index (χ1n) is 11.0. The molecule has 0 aromatic heterocycles. The van der Waals surface area contributed by atoms with E-state index in [2.05, 4.69) is 17.0 Å². The quantitative estimate of drug-likeness (QED) is 0.457. The lowest BCUT2D eigenvalue weighted by molar-refractivity contribution is -0.116. The number of urea groups is 1. The number of imide groups is 1. The average molecular weight is 438 g/mol. The number of anilines is 1. The third-order valence-electron chi connectivity index (χ3n) is 5.80. The predicted octanol–water partition coefficient (Wildman–Crippen LogP) is 2.78. The minimum Gasteiger partial charge on any atom is -0.390 e. The van der Waals surface area contributed by atoms with Crippen LogP contribution in [-0.2, 0) is 22.6 Å². The summed E-state index contributed by atoms with van der Waals surface area (Å²) in [6.45, 7) is 4.06. The van der Waals surface area contributed by atoms with Gasteiger partial charge in [0.2, 0.25) is 6.41 Å². The largest absolute Gasteiger partial charge is 0.390 e. The van der Waals surface area contributed by atoms with Crippen LogP contribution in [0.25, 0.3) is 0 Å². The van der Waals surface area contributed by atoms with Crippen molar-refractivity contribution in [1.82, 2.24) is 9.80 Å². The summed E-state index contributed by atoms with van der Waals surface area (Å²) in [5, 5.41) is 10.7. The van der Waals surface area contributed by atoms with Gasteiger partial charge in [0.15, 0.2) is 0 Å². The van der Waals surface area contributed by atoms with Gasteiger partial charge in [0.05, 0.1) is 12.6 Å². The van der Waals surface area contributed by atoms with E-state index in [4.69, 9.17) is 0 Å². The number of nitrogens with zero attached hydrogens (tertiary/aromatic N) is 3. The molecular formula is C25H31N3O4. The van der Waals surface area contributed by atoms with Crippen molar-refractivity contribution in [3.63, 3.8) is 0 Å². The molecule has 170 valence electrons. The Morgan fingerprint density at radius 3 is 2.56 bits per heavy atom. The van der Waals surface area contributed by atoms with Gasteiger partial charge in [-0.1, -0.05) is 42.5 Å². The van der Waals surface area contributed by atoms with Crippen molar-refractivity contribution in [2.75, 3.05) is 31.1 Å². The van der Waals surface area contributed by atoms with E-state index in [1.807, 2.05) is 43.3 Å². The van der Waals surface area contributed by atoms with Gasteiger partial charge in [-0.3, -0.25) is 19.5 Å². The number of aldehydes is 1. The molecule has 1 heterocycles. The monoisotopic (exact) mass is 437 g/mol. The van der Waals surface area contributed by atoms with E-state index in [9.17, 15) is 19.5 Å². The molecule has 3 rings (SSSR count). The van der Waals surface area contributed by atoms with Gasteiger partial charge in [0, 0.05) is 38.3 Å². The number of hydrogen-bond donors (Lipinski definition) is 1. The number of benzene rings is 2. The van der Waals surface area contributed by atoms with Crippen molar-refractivity contribution in [3.8, 4) is 0 Å². The Balaban J connectivity index is 1.65. The summed E-state index contributed by atoms with van der Waals surface area (Å²) in [4.78, 5) is 40.4. The molecule has 32 heavy (non-hydrogen) atoms. The topological polar surface area (TPSA) is 81.2 Å². The van der Waals surface area contributed by atoms with Crippen LogP contribution in [0.2, 0.25) is 0 Å². The summed E-state index contributed by atoms with van der Waals surface area (Å²) in [5.74, 6) is 0. The second-order valence-corrected chi connectivity index (χ2v) is 8.20. The zero-order chi connectivity index (χ0) is 22.9. The number of rotatable bonds is 10. The van der Waals surface area contributed by atoms with Crippen LogP contribution in [-0.4, -0.2) is 65.9 Å². The van der Waals surface area contributed by atoms with Crippen LogP contribution in [0.5, 0.6) is 0 Å². The predicted molar refractivity (Wildman–Crippen MR) is 123 cm³/mol. The van der Waals surface area contributed by atoms with E-state index in [1.165, 1.54) is 16.0 Å². The summed E-state index contributed by atoms with van der Waals surface area (Å²) in [6, 6.07) is 15.2. The number of β-amino-alcohol motifs (C(OH)–C–C–N with tert-alkyl or cyclic N) is 1. The second kappa shape index (κ2) is 11.5. The highest BCUT2D eigenvalue weighted by Crippen LogP contribution is 2.22. The summed E-state index contributed by atoms with van der Waals surface area (Å²) < 4.78 is 0. The van der Waals surface area contributed by atoms with Gasteiger partial charge in [0.1, 0.15) is 6.29 Å². The molecule has 0 aliphatic carbocycles. The Kier molecular flexibility index (Phi) is 8.53. The summed E-state index contributed by atoms with van der Waals surface area (Å²) in [7, 11) is 0. The minimum absolute atomic E-state index is 0.0868. The number of aliphatic hydroxyl groups is 1. The first-order chi connectivity index (χ1) is 15.5. The Morgan fingerprint density at radius 2 is 1.84 bits per heavy atom. The van der Waals surface area contributed by atoms with Crippen molar-refractivity contribution in [2.45, 2.75) is 38.8 Å². The fourth-order valence-electron chi connectivity index (χ4n) is 4.13. The molecular weight excluding hydrogens is 406 g/mol. The third kappa shape index (κ3) is 6.02. The fourth-order valence-corrected chi connectivity index (χ4v) is 4.13. The average Bonchev–Trinajstić information content (AvgIpc) is 2.80. The lowest BCUT2D eigenvalue weighted by Crippen LogP contribution is -2.48. The van der Waals surface area contributed by atoms with Crippen molar-refractivity contribution in [1.29, 1.82) is 0 Å². The van der Waals surface area contributed by atoms with Crippen LogP contribution in [0.4, 0.5) is 10.5 Å². The summed E-state index contributed by atoms with van der Waals surface area (Å²) in [6.07, 6.45) is 2.17. The Labute approximate surface area is 189 Å². The first kappa shape index (κ1) is 23.6. The molecule has 1 unspecified atom stereocenters. The molecule has 1 aliphatic heterocycles. The molecule has 0 radical (unpaired) electrons. The van der Waals surface area contributed by atoms with Gasteiger partial charge < -0.3 is 9.90 Å². The fraction of sp³-hybridized carbons (Fsp3) is 0.400. The van der Waals surface area contributed by atoms with E-state index in [0.717, 1.165) is 36.3 Å². The lowest BCUT2D eigenvalue weighted by Gasteiger charge is -2.32. The molecule has 0 saturated heterocycles. The SMILES string of the molecule is Cc1ccccc1N(CCCC=O)C(=O)N(C=O)CC(O)CN1CCc2ccccc2C1. The molecule has 0 saturated carbocycles. The molecule has 0 bridgehead atoms. The van der Waals surface area contributed by atoms with Gasteiger partial charge in [-0.05, 0) is 42.5 Å². The van der Waals surface area contributed by atoms with E-state index >= 15 is 0 Å². The van der Waals surface area contributed by atoms with Crippen LogP contribution in [0, 0.1) is 6.92 Å². The smallest absolute Gasteiger partial charge is 0.331 e. The standard InChI is InChI=1S/C25H31N3O4/c1-20-8-2-5-11-24(20)28(13-6-7-15-29)25(32)27(19-30)18-23(31)17-26-14-12-21-9-3-4-10-22(21)16-26/h2-5,8-11,15,19,23,31H,6-7,12-14,16-18H2,1H3. The molecule has 1 atom stereocenters. The van der Waals surface area contributed by atoms with Crippen LogP contribution in [0.3, 0.4) is 0 Å². The molecule has 7 heteroatoms. The number of aliphatic hydroxyl groups excluding tert-OH is 1. The van der Waals surface area contributed by atoms with E-state index in [0.29, 0.717) is 38.0 Å². The molecule has 2 aromatic rings. The summed E-state index contributed by atoms with van der Waals surface area (Å²) >= 11 is 0. The number of amides is 3. The number of carbonyl (C=O) groups excluding carboxylic acids is 3. The maximum atomic E-state index is 13.2. The van der Waals surface area contributed by atoms with Gasteiger partial charge in [-0.2, -0.15) is 0 Å². The number of fused-ring (bicyclic) bond motifs is 1. The number of hydrogen-bond acceptors (Lipinski definition) is 5. The minimum atomic E-state index is -0.858. The van der Waals surface area contributed by atoms with E-state index < -0.39 is 12.1 Å². The molecule has 3 amide bonds. The van der Waals surface area contributed by atoms with Gasteiger partial charge in [-0.15, -0.1) is 0 Å². The van der Waals surface area contributed by atoms with Crippen LogP contribution < -0.4 is 4.90 Å². The van der Waals surface area contributed by atoms with Crippen molar-refractivity contribution < 1.29 is 19.5 Å². The Hall–Kier alpha value is -3.03. The van der Waals surface area contributed by atoms with Gasteiger partial charge in [0.25, 0.3) is 0 Å².